The monoisotopic (exact) mass is 393 g/mol. The lowest BCUT2D eigenvalue weighted by Crippen LogP contribution is -2.17. The largest absolute Gasteiger partial charge is 0.495 e. The van der Waals surface area contributed by atoms with Gasteiger partial charge in [-0.1, -0.05) is 11.6 Å². The minimum atomic E-state index is -0.523. The third-order valence-electron chi connectivity index (χ3n) is 3.86. The van der Waals surface area contributed by atoms with E-state index < -0.39 is 4.92 Å². The first-order valence-corrected chi connectivity index (χ1v) is 8.49. The molecule has 0 saturated heterocycles. The second-order valence-corrected chi connectivity index (χ2v) is 6.20. The van der Waals surface area contributed by atoms with Gasteiger partial charge >= 0.3 is 0 Å². The first-order valence-electron chi connectivity index (χ1n) is 8.11. The highest BCUT2D eigenvalue weighted by atomic mass is 35.5. The molecule has 27 heavy (non-hydrogen) atoms. The summed E-state index contributed by atoms with van der Waals surface area (Å²) in [5.74, 6) is 0.154. The highest BCUT2D eigenvalue weighted by molar-refractivity contribution is 6.31. The minimum Gasteiger partial charge on any atom is -0.495 e. The van der Waals surface area contributed by atoms with Gasteiger partial charge in [-0.05, 0) is 36.2 Å². The Hall–Kier alpha value is -2.84. The summed E-state index contributed by atoms with van der Waals surface area (Å²) in [6.07, 6.45) is 0.0747. The van der Waals surface area contributed by atoms with E-state index in [2.05, 4.69) is 10.6 Å². The normalized spacial score (nSPS) is 10.4. The predicted molar refractivity (Wildman–Crippen MR) is 103 cm³/mol. The SMILES string of the molecule is COc1cc(Cl)c(C)cc1NC(=O)CCNc1cc(CO)ccc1[N+](=O)[O-]. The molecule has 2 rings (SSSR count). The average Bonchev–Trinajstić information content (AvgIpc) is 2.64. The molecule has 0 aromatic heterocycles. The van der Waals surface area contributed by atoms with E-state index in [4.69, 9.17) is 16.3 Å². The number of carbonyl (C=O) groups excluding carboxylic acids is 1. The molecular weight excluding hydrogens is 374 g/mol. The summed E-state index contributed by atoms with van der Waals surface area (Å²) in [5.41, 5.74) is 1.95. The maximum atomic E-state index is 12.2. The summed E-state index contributed by atoms with van der Waals surface area (Å²) in [6, 6.07) is 7.61. The van der Waals surface area contributed by atoms with E-state index in [1.165, 1.54) is 25.3 Å². The molecule has 1 amide bonds. The molecule has 2 aromatic carbocycles. The predicted octanol–water partition coefficient (Wildman–Crippen LogP) is 3.50. The molecule has 2 aromatic rings. The van der Waals surface area contributed by atoms with Crippen molar-refractivity contribution in [1.82, 2.24) is 0 Å². The van der Waals surface area contributed by atoms with Gasteiger partial charge in [0.05, 0.1) is 24.3 Å². The number of aliphatic hydroxyl groups is 1. The number of methoxy groups -OCH3 is 1. The van der Waals surface area contributed by atoms with Crippen LogP contribution in [0.15, 0.2) is 30.3 Å². The number of aliphatic hydroxyl groups excluding tert-OH is 1. The number of amides is 1. The molecule has 0 radical (unpaired) electrons. The maximum absolute atomic E-state index is 12.2. The summed E-state index contributed by atoms with van der Waals surface area (Å²) in [6.45, 7) is 1.76. The third-order valence-corrected chi connectivity index (χ3v) is 4.27. The number of hydrogen-bond donors (Lipinski definition) is 3. The van der Waals surface area contributed by atoms with E-state index in [-0.39, 0.29) is 36.9 Å². The maximum Gasteiger partial charge on any atom is 0.292 e. The molecule has 0 fully saturated rings. The number of nitrogens with one attached hydrogen (secondary N) is 2. The second-order valence-electron chi connectivity index (χ2n) is 5.79. The molecule has 8 nitrogen and oxygen atoms in total. The van der Waals surface area contributed by atoms with E-state index in [9.17, 15) is 20.0 Å². The zero-order valence-corrected chi connectivity index (χ0v) is 15.7. The van der Waals surface area contributed by atoms with Crippen molar-refractivity contribution in [2.45, 2.75) is 20.0 Å². The van der Waals surface area contributed by atoms with Crippen LogP contribution in [0.4, 0.5) is 17.1 Å². The summed E-state index contributed by atoms with van der Waals surface area (Å²) in [4.78, 5) is 22.8. The lowest BCUT2D eigenvalue weighted by molar-refractivity contribution is -0.384. The van der Waals surface area contributed by atoms with Crippen LogP contribution in [0, 0.1) is 17.0 Å². The number of nitro benzene ring substituents is 1. The summed E-state index contributed by atoms with van der Waals surface area (Å²) in [7, 11) is 1.48. The molecule has 0 saturated carbocycles. The molecule has 0 aliphatic carbocycles. The van der Waals surface area contributed by atoms with Crippen molar-refractivity contribution in [3.8, 4) is 5.75 Å². The Kier molecular flexibility index (Phi) is 6.98. The van der Waals surface area contributed by atoms with E-state index in [1.54, 1.807) is 12.1 Å². The number of benzene rings is 2. The van der Waals surface area contributed by atoms with Gasteiger partial charge in [0.15, 0.2) is 0 Å². The van der Waals surface area contributed by atoms with Gasteiger partial charge in [0.25, 0.3) is 5.69 Å². The van der Waals surface area contributed by atoms with Gasteiger partial charge in [0.2, 0.25) is 5.91 Å². The number of hydrogen-bond acceptors (Lipinski definition) is 6. The number of anilines is 2. The number of carbonyl (C=O) groups is 1. The third kappa shape index (κ3) is 5.32. The van der Waals surface area contributed by atoms with Gasteiger partial charge in [-0.25, -0.2) is 0 Å². The fourth-order valence-electron chi connectivity index (χ4n) is 2.44. The van der Waals surface area contributed by atoms with Crippen LogP contribution in [-0.2, 0) is 11.4 Å². The average molecular weight is 394 g/mol. The summed E-state index contributed by atoms with van der Waals surface area (Å²) >= 11 is 6.04. The Morgan fingerprint density at radius 1 is 1.30 bits per heavy atom. The molecule has 0 bridgehead atoms. The number of aryl methyl sites for hydroxylation is 1. The van der Waals surface area contributed by atoms with E-state index in [0.717, 1.165) is 5.56 Å². The first-order chi connectivity index (χ1) is 12.8. The van der Waals surface area contributed by atoms with Crippen molar-refractivity contribution >= 4 is 34.6 Å². The zero-order valence-electron chi connectivity index (χ0n) is 14.9. The van der Waals surface area contributed by atoms with Crippen molar-refractivity contribution in [1.29, 1.82) is 0 Å². The molecule has 0 aliphatic heterocycles. The number of ether oxygens (including phenoxy) is 1. The van der Waals surface area contributed by atoms with E-state index >= 15 is 0 Å². The Morgan fingerprint density at radius 2 is 2.04 bits per heavy atom. The van der Waals surface area contributed by atoms with Crippen LogP contribution in [-0.4, -0.2) is 29.6 Å². The lowest BCUT2D eigenvalue weighted by atomic mass is 10.1. The molecule has 9 heteroatoms. The van der Waals surface area contributed by atoms with Crippen LogP contribution in [0.2, 0.25) is 5.02 Å². The Balaban J connectivity index is 2.01. The molecule has 3 N–H and O–H groups in total. The highest BCUT2D eigenvalue weighted by Crippen LogP contribution is 2.31. The van der Waals surface area contributed by atoms with E-state index in [1.807, 2.05) is 6.92 Å². The molecule has 0 spiro atoms. The van der Waals surface area contributed by atoms with Gasteiger partial charge in [0, 0.05) is 30.1 Å². The van der Waals surface area contributed by atoms with Crippen LogP contribution < -0.4 is 15.4 Å². The summed E-state index contributed by atoms with van der Waals surface area (Å²) in [5, 5.41) is 26.4. The molecule has 0 heterocycles. The second kappa shape index (κ2) is 9.20. The highest BCUT2D eigenvalue weighted by Gasteiger charge is 2.15. The molecular formula is C18H20ClN3O5. The van der Waals surface area contributed by atoms with Gasteiger partial charge in [0.1, 0.15) is 11.4 Å². The van der Waals surface area contributed by atoms with Crippen LogP contribution in [0.25, 0.3) is 0 Å². The smallest absolute Gasteiger partial charge is 0.292 e. The molecule has 0 atom stereocenters. The fourth-order valence-corrected chi connectivity index (χ4v) is 2.59. The zero-order chi connectivity index (χ0) is 20.0. The van der Waals surface area contributed by atoms with Gasteiger partial charge in [-0.15, -0.1) is 0 Å². The standard InChI is InChI=1S/C18H20ClN3O5/c1-11-7-15(17(27-2)9-13(11)19)21-18(24)5-6-20-14-8-12(10-23)3-4-16(14)22(25)26/h3-4,7-9,20,23H,5-6,10H2,1-2H3,(H,21,24). The summed E-state index contributed by atoms with van der Waals surface area (Å²) < 4.78 is 5.21. The quantitative estimate of drug-likeness (QED) is 0.467. The molecule has 0 aliphatic rings. The van der Waals surface area contributed by atoms with Crippen LogP contribution >= 0.6 is 11.6 Å². The lowest BCUT2D eigenvalue weighted by Gasteiger charge is -2.13. The number of rotatable bonds is 8. The van der Waals surface area contributed by atoms with Crippen LogP contribution in [0.5, 0.6) is 5.75 Å². The van der Waals surface area contributed by atoms with Gasteiger partial charge in [-0.3, -0.25) is 14.9 Å². The van der Waals surface area contributed by atoms with Gasteiger partial charge in [-0.2, -0.15) is 0 Å². The topological polar surface area (TPSA) is 114 Å². The van der Waals surface area contributed by atoms with Crippen molar-refractivity contribution in [3.63, 3.8) is 0 Å². The molecule has 144 valence electrons. The van der Waals surface area contributed by atoms with Crippen molar-refractivity contribution < 1.29 is 19.6 Å². The number of halogens is 1. The van der Waals surface area contributed by atoms with E-state index in [0.29, 0.717) is 22.0 Å². The van der Waals surface area contributed by atoms with Crippen LogP contribution in [0.3, 0.4) is 0 Å². The first kappa shape index (κ1) is 20.5. The fraction of sp³-hybridized carbons (Fsp3) is 0.278. The Labute approximate surface area is 161 Å². The van der Waals surface area contributed by atoms with Crippen LogP contribution in [0.1, 0.15) is 17.5 Å². The Morgan fingerprint density at radius 3 is 2.67 bits per heavy atom. The molecule has 0 unspecified atom stereocenters. The Bertz CT molecular complexity index is 857. The van der Waals surface area contributed by atoms with Crippen molar-refractivity contribution in [2.24, 2.45) is 0 Å². The van der Waals surface area contributed by atoms with Crippen molar-refractivity contribution in [3.05, 3.63) is 56.6 Å². The minimum absolute atomic E-state index is 0.0747. The number of nitrogens with zero attached hydrogens (tertiary/aromatic N) is 1. The van der Waals surface area contributed by atoms with Gasteiger partial charge < -0.3 is 20.5 Å². The number of nitro groups is 1. The van der Waals surface area contributed by atoms with Crippen molar-refractivity contribution in [2.75, 3.05) is 24.3 Å².